The van der Waals surface area contributed by atoms with Gasteiger partial charge in [-0.05, 0) is 0 Å². The molecular formula is C6H6N2O4. The van der Waals surface area contributed by atoms with Crippen molar-refractivity contribution in [2.24, 2.45) is 5.16 Å². The molecule has 1 heterocycles. The average Bonchev–Trinajstić information content (AvgIpc) is 2.51. The summed E-state index contributed by atoms with van der Waals surface area (Å²) in [6.45, 7) is 0. The zero-order valence-electron chi connectivity index (χ0n) is 6.22. The maximum absolute atomic E-state index is 10.5. The fourth-order valence-corrected chi connectivity index (χ4v) is 0.616. The maximum atomic E-state index is 10.5. The molecule has 1 aromatic heterocycles. The van der Waals surface area contributed by atoms with Gasteiger partial charge >= 0.3 is 5.97 Å². The minimum Gasteiger partial charge on any atom is -0.476 e. The van der Waals surface area contributed by atoms with Gasteiger partial charge in [-0.25, -0.2) is 9.78 Å². The molecule has 64 valence electrons. The van der Waals surface area contributed by atoms with Crippen LogP contribution >= 0.6 is 0 Å². The van der Waals surface area contributed by atoms with E-state index >= 15 is 0 Å². The SMILES string of the molecule is CO/N=C(\C(=O)O)c1cocn1. The Morgan fingerprint density at radius 3 is 3.00 bits per heavy atom. The average molecular weight is 170 g/mol. The first kappa shape index (κ1) is 8.25. The highest BCUT2D eigenvalue weighted by atomic mass is 16.6. The monoisotopic (exact) mass is 170 g/mol. The third-order valence-electron chi connectivity index (χ3n) is 1.06. The van der Waals surface area contributed by atoms with Crippen LogP contribution in [0.5, 0.6) is 0 Å². The van der Waals surface area contributed by atoms with Gasteiger partial charge in [-0.1, -0.05) is 5.16 Å². The number of carboxylic acid groups (broad SMARTS) is 1. The highest BCUT2D eigenvalue weighted by molar-refractivity contribution is 6.41. The Morgan fingerprint density at radius 2 is 2.58 bits per heavy atom. The maximum Gasteiger partial charge on any atom is 0.360 e. The lowest BCUT2D eigenvalue weighted by Crippen LogP contribution is -2.15. The zero-order valence-corrected chi connectivity index (χ0v) is 6.22. The Morgan fingerprint density at radius 1 is 1.83 bits per heavy atom. The zero-order chi connectivity index (χ0) is 8.97. The Balaban J connectivity index is 2.96. The molecule has 0 saturated carbocycles. The minimum absolute atomic E-state index is 0.129. The standard InChI is InChI=1S/C6H6N2O4/c1-11-8-5(6(9)10)4-2-12-3-7-4/h2-3H,1H3,(H,9,10)/b8-5-. The molecule has 0 aliphatic rings. The molecule has 0 atom stereocenters. The van der Waals surface area contributed by atoms with Gasteiger partial charge in [0.25, 0.3) is 0 Å². The van der Waals surface area contributed by atoms with Crippen molar-refractivity contribution in [1.29, 1.82) is 0 Å². The first-order chi connectivity index (χ1) is 5.75. The second-order valence-electron chi connectivity index (χ2n) is 1.80. The smallest absolute Gasteiger partial charge is 0.360 e. The predicted molar refractivity (Wildman–Crippen MR) is 37.7 cm³/mol. The van der Waals surface area contributed by atoms with Gasteiger partial charge < -0.3 is 14.4 Å². The molecule has 6 nitrogen and oxygen atoms in total. The molecule has 0 spiro atoms. The van der Waals surface area contributed by atoms with Gasteiger partial charge in [-0.3, -0.25) is 0 Å². The van der Waals surface area contributed by atoms with Crippen LogP contribution in [-0.2, 0) is 9.63 Å². The first-order valence-electron chi connectivity index (χ1n) is 2.98. The number of aliphatic carboxylic acids is 1. The first-order valence-corrected chi connectivity index (χ1v) is 2.98. The molecule has 0 radical (unpaired) electrons. The van der Waals surface area contributed by atoms with Gasteiger partial charge in [-0.2, -0.15) is 0 Å². The third-order valence-corrected chi connectivity index (χ3v) is 1.06. The summed E-state index contributed by atoms with van der Waals surface area (Å²) in [6, 6.07) is 0. The van der Waals surface area contributed by atoms with E-state index in [1.165, 1.54) is 13.4 Å². The normalized spacial score (nSPS) is 11.2. The van der Waals surface area contributed by atoms with Gasteiger partial charge in [0.2, 0.25) is 5.71 Å². The van der Waals surface area contributed by atoms with Crippen LogP contribution in [0.4, 0.5) is 0 Å². The van der Waals surface area contributed by atoms with E-state index < -0.39 is 5.97 Å². The van der Waals surface area contributed by atoms with E-state index in [-0.39, 0.29) is 11.4 Å². The highest BCUT2D eigenvalue weighted by Gasteiger charge is 2.15. The summed E-state index contributed by atoms with van der Waals surface area (Å²) in [6.07, 6.45) is 2.29. The van der Waals surface area contributed by atoms with Gasteiger partial charge in [0.05, 0.1) is 0 Å². The van der Waals surface area contributed by atoms with E-state index in [0.29, 0.717) is 0 Å². The Kier molecular flexibility index (Phi) is 2.42. The fraction of sp³-hybridized carbons (Fsp3) is 0.167. The van der Waals surface area contributed by atoms with E-state index in [9.17, 15) is 4.79 Å². The number of oxazole rings is 1. The predicted octanol–water partition coefficient (Wildman–Crippen LogP) is 0.110. The number of carbonyl (C=O) groups is 1. The van der Waals surface area contributed by atoms with Crippen LogP contribution in [0, 0.1) is 0 Å². The van der Waals surface area contributed by atoms with Crippen LogP contribution in [0.2, 0.25) is 0 Å². The second kappa shape index (κ2) is 3.51. The van der Waals surface area contributed by atoms with Gasteiger partial charge in [0.1, 0.15) is 19.1 Å². The summed E-state index contributed by atoms with van der Waals surface area (Å²) >= 11 is 0. The molecule has 0 saturated heterocycles. The lowest BCUT2D eigenvalue weighted by atomic mass is 10.3. The van der Waals surface area contributed by atoms with Crippen molar-refractivity contribution in [2.75, 3.05) is 7.11 Å². The number of oxime groups is 1. The third kappa shape index (κ3) is 1.60. The van der Waals surface area contributed by atoms with Gasteiger partial charge in [-0.15, -0.1) is 0 Å². The number of carboxylic acids is 1. The van der Waals surface area contributed by atoms with Crippen LogP contribution in [0.15, 0.2) is 22.2 Å². The molecule has 0 bridgehead atoms. The minimum atomic E-state index is -1.22. The molecular weight excluding hydrogens is 164 g/mol. The number of aromatic nitrogens is 1. The van der Waals surface area contributed by atoms with Crippen LogP contribution in [-0.4, -0.2) is 28.9 Å². The number of hydrogen-bond donors (Lipinski definition) is 1. The van der Waals surface area contributed by atoms with Crippen molar-refractivity contribution in [3.63, 3.8) is 0 Å². The molecule has 0 aliphatic carbocycles. The molecule has 1 aromatic rings. The van der Waals surface area contributed by atoms with Crippen LogP contribution in [0.3, 0.4) is 0 Å². The number of nitrogens with zero attached hydrogens (tertiary/aromatic N) is 2. The summed E-state index contributed by atoms with van der Waals surface area (Å²) in [5.41, 5.74) is -0.157. The van der Waals surface area contributed by atoms with E-state index in [4.69, 9.17) is 5.11 Å². The molecule has 12 heavy (non-hydrogen) atoms. The van der Waals surface area contributed by atoms with E-state index in [2.05, 4.69) is 19.4 Å². The molecule has 0 aromatic carbocycles. The largest absolute Gasteiger partial charge is 0.476 e. The quantitative estimate of drug-likeness (QED) is 0.514. The molecule has 6 heteroatoms. The lowest BCUT2D eigenvalue weighted by molar-refractivity contribution is -0.129. The Bertz CT molecular complexity index is 291. The van der Waals surface area contributed by atoms with Gasteiger partial charge in [0.15, 0.2) is 6.39 Å². The van der Waals surface area contributed by atoms with Crippen molar-refractivity contribution in [3.8, 4) is 0 Å². The van der Waals surface area contributed by atoms with Crippen LogP contribution < -0.4 is 0 Å². The lowest BCUT2D eigenvalue weighted by Gasteiger charge is -1.93. The highest BCUT2D eigenvalue weighted by Crippen LogP contribution is 1.98. The summed E-state index contributed by atoms with van der Waals surface area (Å²) in [5.74, 6) is -1.22. The molecule has 1 N–H and O–H groups in total. The molecule has 0 aliphatic heterocycles. The Hall–Kier alpha value is -1.85. The second-order valence-corrected chi connectivity index (χ2v) is 1.80. The molecule has 1 rings (SSSR count). The molecule has 0 amide bonds. The van der Waals surface area contributed by atoms with Crippen molar-refractivity contribution >= 4 is 11.7 Å². The van der Waals surface area contributed by atoms with E-state index in [1.54, 1.807) is 0 Å². The van der Waals surface area contributed by atoms with Crippen LogP contribution in [0.1, 0.15) is 5.69 Å². The van der Waals surface area contributed by atoms with Crippen molar-refractivity contribution in [1.82, 2.24) is 4.98 Å². The summed E-state index contributed by atoms with van der Waals surface area (Å²) in [5, 5.41) is 11.8. The Labute approximate surface area is 67.5 Å². The summed E-state index contributed by atoms with van der Waals surface area (Å²) < 4.78 is 4.58. The molecule has 0 unspecified atom stereocenters. The van der Waals surface area contributed by atoms with E-state index in [0.717, 1.165) is 6.39 Å². The van der Waals surface area contributed by atoms with Gasteiger partial charge in [0, 0.05) is 0 Å². The van der Waals surface area contributed by atoms with Crippen LogP contribution in [0.25, 0.3) is 0 Å². The summed E-state index contributed by atoms with van der Waals surface area (Å²) in [4.78, 5) is 18.4. The number of rotatable bonds is 3. The van der Waals surface area contributed by atoms with Crippen molar-refractivity contribution in [3.05, 3.63) is 18.4 Å². The summed E-state index contributed by atoms with van der Waals surface area (Å²) in [7, 11) is 1.25. The van der Waals surface area contributed by atoms with E-state index in [1.807, 2.05) is 0 Å². The number of hydrogen-bond acceptors (Lipinski definition) is 5. The molecule has 0 fully saturated rings. The topological polar surface area (TPSA) is 84.9 Å². The van der Waals surface area contributed by atoms with Crippen molar-refractivity contribution < 1.29 is 19.2 Å². The van der Waals surface area contributed by atoms with Crippen molar-refractivity contribution in [2.45, 2.75) is 0 Å². The fourth-order valence-electron chi connectivity index (χ4n) is 0.616.